The Labute approximate surface area is 129 Å². The molecular weight excluding hydrogens is 280 g/mol. The molecule has 2 aromatic heterocycles. The number of hydrogen-bond donors (Lipinski definition) is 1. The van der Waals surface area contributed by atoms with Crippen LogP contribution in [-0.2, 0) is 0 Å². The van der Waals surface area contributed by atoms with Gasteiger partial charge in [-0.1, -0.05) is 0 Å². The van der Waals surface area contributed by atoms with Gasteiger partial charge in [-0.3, -0.25) is 4.79 Å². The van der Waals surface area contributed by atoms with Gasteiger partial charge in [0.2, 0.25) is 5.95 Å². The summed E-state index contributed by atoms with van der Waals surface area (Å²) in [6.45, 7) is 2.79. The van der Waals surface area contributed by atoms with E-state index in [4.69, 9.17) is 0 Å². The number of carbonyl (C=O) groups excluding carboxylic acids is 1. The highest BCUT2D eigenvalue weighted by Crippen LogP contribution is 2.14. The van der Waals surface area contributed by atoms with Crippen LogP contribution >= 0.6 is 0 Å². The topological polar surface area (TPSA) is 74.2 Å². The van der Waals surface area contributed by atoms with E-state index < -0.39 is 0 Å². The molecule has 1 amide bonds. The van der Waals surface area contributed by atoms with E-state index in [1.165, 1.54) is 0 Å². The third-order valence-electron chi connectivity index (χ3n) is 3.66. The molecule has 7 nitrogen and oxygen atoms in total. The molecule has 0 bridgehead atoms. The summed E-state index contributed by atoms with van der Waals surface area (Å²) in [7, 11) is 1.79. The van der Waals surface area contributed by atoms with Gasteiger partial charge in [-0.25, -0.2) is 15.0 Å². The summed E-state index contributed by atoms with van der Waals surface area (Å²) in [4.78, 5) is 29.1. The van der Waals surface area contributed by atoms with Crippen LogP contribution in [0.5, 0.6) is 0 Å². The maximum atomic E-state index is 12.5. The van der Waals surface area contributed by atoms with Crippen molar-refractivity contribution in [1.29, 1.82) is 0 Å². The predicted molar refractivity (Wildman–Crippen MR) is 83.9 cm³/mol. The number of pyridine rings is 1. The Morgan fingerprint density at radius 1 is 1.09 bits per heavy atom. The molecule has 0 radical (unpaired) electrons. The smallest absolute Gasteiger partial charge is 0.254 e. The van der Waals surface area contributed by atoms with Crippen LogP contribution in [0.15, 0.2) is 36.8 Å². The van der Waals surface area contributed by atoms with E-state index in [2.05, 4.69) is 25.2 Å². The lowest BCUT2D eigenvalue weighted by atomic mass is 10.2. The molecule has 22 heavy (non-hydrogen) atoms. The van der Waals surface area contributed by atoms with Crippen molar-refractivity contribution in [1.82, 2.24) is 19.9 Å². The van der Waals surface area contributed by atoms with Crippen LogP contribution in [0.1, 0.15) is 10.4 Å². The molecule has 0 spiro atoms. The molecule has 1 saturated heterocycles. The number of nitrogens with zero attached hydrogens (tertiary/aromatic N) is 5. The maximum absolute atomic E-state index is 12.5. The lowest BCUT2D eigenvalue weighted by Crippen LogP contribution is -2.49. The molecule has 3 heterocycles. The average molecular weight is 298 g/mol. The van der Waals surface area contributed by atoms with Crippen molar-refractivity contribution in [3.8, 4) is 0 Å². The number of anilines is 2. The number of hydrogen-bond acceptors (Lipinski definition) is 6. The molecule has 1 aliphatic rings. The van der Waals surface area contributed by atoms with Gasteiger partial charge in [-0.15, -0.1) is 0 Å². The molecule has 0 atom stereocenters. The molecule has 0 aliphatic carbocycles. The van der Waals surface area contributed by atoms with E-state index in [0.29, 0.717) is 24.5 Å². The molecule has 1 fully saturated rings. The minimum absolute atomic E-state index is 0.0348. The summed E-state index contributed by atoms with van der Waals surface area (Å²) in [5, 5.41) is 2.95. The Morgan fingerprint density at radius 3 is 2.50 bits per heavy atom. The van der Waals surface area contributed by atoms with E-state index in [-0.39, 0.29) is 5.91 Å². The van der Waals surface area contributed by atoms with Crippen molar-refractivity contribution in [3.05, 3.63) is 42.4 Å². The number of rotatable bonds is 3. The summed E-state index contributed by atoms with van der Waals surface area (Å²) in [6, 6.07) is 5.32. The second kappa shape index (κ2) is 6.38. The van der Waals surface area contributed by atoms with Crippen molar-refractivity contribution < 1.29 is 4.79 Å². The Morgan fingerprint density at radius 2 is 1.82 bits per heavy atom. The molecule has 1 N–H and O–H groups in total. The SMILES string of the molecule is CNc1cc(C(=O)N2CCN(c3ncccn3)CC2)ccn1. The summed E-state index contributed by atoms with van der Waals surface area (Å²) in [5.74, 6) is 1.45. The maximum Gasteiger partial charge on any atom is 0.254 e. The second-order valence-corrected chi connectivity index (χ2v) is 5.01. The van der Waals surface area contributed by atoms with E-state index >= 15 is 0 Å². The van der Waals surface area contributed by atoms with Crippen molar-refractivity contribution in [2.45, 2.75) is 0 Å². The highest BCUT2D eigenvalue weighted by molar-refractivity contribution is 5.95. The van der Waals surface area contributed by atoms with Crippen molar-refractivity contribution >= 4 is 17.7 Å². The van der Waals surface area contributed by atoms with Crippen LogP contribution in [0.4, 0.5) is 11.8 Å². The minimum Gasteiger partial charge on any atom is -0.373 e. The Bertz CT molecular complexity index is 639. The van der Waals surface area contributed by atoms with Gasteiger partial charge in [0.1, 0.15) is 5.82 Å². The largest absolute Gasteiger partial charge is 0.373 e. The number of amides is 1. The Kier molecular flexibility index (Phi) is 4.13. The van der Waals surface area contributed by atoms with Crippen LogP contribution in [0, 0.1) is 0 Å². The fraction of sp³-hybridized carbons (Fsp3) is 0.333. The minimum atomic E-state index is 0.0348. The van der Waals surface area contributed by atoms with Gasteiger partial charge in [-0.05, 0) is 18.2 Å². The summed E-state index contributed by atoms with van der Waals surface area (Å²) < 4.78 is 0. The van der Waals surface area contributed by atoms with E-state index in [0.717, 1.165) is 19.0 Å². The summed E-state index contributed by atoms with van der Waals surface area (Å²) >= 11 is 0. The van der Waals surface area contributed by atoms with Gasteiger partial charge in [0, 0.05) is 57.4 Å². The van der Waals surface area contributed by atoms with Gasteiger partial charge in [0.25, 0.3) is 5.91 Å². The zero-order chi connectivity index (χ0) is 15.4. The molecule has 0 unspecified atom stereocenters. The Hall–Kier alpha value is -2.70. The van der Waals surface area contributed by atoms with E-state index in [9.17, 15) is 4.79 Å². The molecular formula is C15H18N6O. The fourth-order valence-corrected chi connectivity index (χ4v) is 2.45. The zero-order valence-corrected chi connectivity index (χ0v) is 12.4. The first-order valence-electron chi connectivity index (χ1n) is 7.23. The number of nitrogens with one attached hydrogen (secondary N) is 1. The third-order valence-corrected chi connectivity index (χ3v) is 3.66. The molecule has 7 heteroatoms. The number of aromatic nitrogens is 3. The fourth-order valence-electron chi connectivity index (χ4n) is 2.45. The van der Waals surface area contributed by atoms with Crippen molar-refractivity contribution in [2.24, 2.45) is 0 Å². The van der Waals surface area contributed by atoms with Gasteiger partial charge < -0.3 is 15.1 Å². The van der Waals surface area contributed by atoms with Crippen molar-refractivity contribution in [3.63, 3.8) is 0 Å². The van der Waals surface area contributed by atoms with E-state index in [1.807, 2.05) is 4.90 Å². The zero-order valence-electron chi connectivity index (χ0n) is 12.4. The van der Waals surface area contributed by atoms with Gasteiger partial charge >= 0.3 is 0 Å². The van der Waals surface area contributed by atoms with Crippen LogP contribution < -0.4 is 10.2 Å². The Balaban J connectivity index is 1.64. The first kappa shape index (κ1) is 14.2. The average Bonchev–Trinajstić information content (AvgIpc) is 2.62. The van der Waals surface area contributed by atoms with Crippen LogP contribution in [-0.4, -0.2) is 59.0 Å². The molecule has 0 saturated carbocycles. The highest BCUT2D eigenvalue weighted by atomic mass is 16.2. The quantitative estimate of drug-likeness (QED) is 0.906. The third kappa shape index (κ3) is 2.98. The van der Waals surface area contributed by atoms with Crippen LogP contribution in [0.25, 0.3) is 0 Å². The monoisotopic (exact) mass is 298 g/mol. The molecule has 0 aromatic carbocycles. The first-order chi connectivity index (χ1) is 10.8. The number of piperazine rings is 1. The predicted octanol–water partition coefficient (Wildman–Crippen LogP) is 0.876. The highest BCUT2D eigenvalue weighted by Gasteiger charge is 2.23. The van der Waals surface area contributed by atoms with Gasteiger partial charge in [-0.2, -0.15) is 0 Å². The lowest BCUT2D eigenvalue weighted by molar-refractivity contribution is 0.0746. The molecule has 2 aromatic rings. The summed E-state index contributed by atoms with van der Waals surface area (Å²) in [6.07, 6.45) is 5.11. The number of carbonyl (C=O) groups is 1. The lowest BCUT2D eigenvalue weighted by Gasteiger charge is -2.34. The molecule has 114 valence electrons. The summed E-state index contributed by atoms with van der Waals surface area (Å²) in [5.41, 5.74) is 0.656. The standard InChI is InChI=1S/C15H18N6O/c1-16-13-11-12(3-6-17-13)14(22)20-7-9-21(10-8-20)15-18-4-2-5-19-15/h2-6,11H,7-10H2,1H3,(H,16,17). The normalized spacial score (nSPS) is 14.8. The second-order valence-electron chi connectivity index (χ2n) is 5.01. The first-order valence-corrected chi connectivity index (χ1v) is 7.23. The van der Waals surface area contributed by atoms with Gasteiger partial charge in [0.15, 0.2) is 0 Å². The van der Waals surface area contributed by atoms with Gasteiger partial charge in [0.05, 0.1) is 0 Å². The van der Waals surface area contributed by atoms with E-state index in [1.54, 1.807) is 43.8 Å². The molecule has 3 rings (SSSR count). The molecule has 1 aliphatic heterocycles. The van der Waals surface area contributed by atoms with Crippen LogP contribution in [0.3, 0.4) is 0 Å². The van der Waals surface area contributed by atoms with Crippen LogP contribution in [0.2, 0.25) is 0 Å². The van der Waals surface area contributed by atoms with Crippen molar-refractivity contribution in [2.75, 3.05) is 43.4 Å².